The second-order valence-corrected chi connectivity index (χ2v) is 3.31. The first-order valence-corrected chi connectivity index (χ1v) is 5.03. The lowest BCUT2D eigenvalue weighted by Gasteiger charge is -2.07. The summed E-state index contributed by atoms with van der Waals surface area (Å²) in [4.78, 5) is 11.6. The molecule has 0 aliphatic heterocycles. The predicted octanol–water partition coefficient (Wildman–Crippen LogP) is 2.44. The first kappa shape index (κ1) is 10.2. The topological polar surface area (TPSA) is 41.1 Å². The zero-order valence-corrected chi connectivity index (χ0v) is 8.68. The summed E-state index contributed by atoms with van der Waals surface area (Å²) >= 11 is 0. The number of carbonyl (C=O) groups is 1. The number of carbonyl (C=O) groups excluding carboxylic acids is 1. The van der Waals surface area contributed by atoms with Crippen LogP contribution in [0, 0.1) is 0 Å². The Bertz CT molecular complexity index is 454. The summed E-state index contributed by atoms with van der Waals surface area (Å²) < 4.78 is 0. The van der Waals surface area contributed by atoms with Gasteiger partial charge in [-0.25, -0.2) is 0 Å². The zero-order chi connectivity index (χ0) is 11.2. The fourth-order valence-electron chi connectivity index (χ4n) is 1.31. The molecule has 0 spiro atoms. The standard InChI is InChI=1S/C13H12N2O/c16-13(11-7-3-1-4-8-11)15-14-12-9-5-2-6-10-12/h1-10,14H,(H,15,16). The Kier molecular flexibility index (Phi) is 3.18. The molecule has 0 bridgehead atoms. The number of para-hydroxylation sites is 1. The Balaban J connectivity index is 1.95. The van der Waals surface area contributed by atoms with Crippen molar-refractivity contribution in [1.29, 1.82) is 0 Å². The van der Waals surface area contributed by atoms with Crippen molar-refractivity contribution in [2.75, 3.05) is 5.43 Å². The van der Waals surface area contributed by atoms with Gasteiger partial charge in [-0.05, 0) is 24.3 Å². The molecule has 0 saturated carbocycles. The van der Waals surface area contributed by atoms with E-state index >= 15 is 0 Å². The highest BCUT2D eigenvalue weighted by Crippen LogP contribution is 2.03. The third-order valence-electron chi connectivity index (χ3n) is 2.13. The van der Waals surface area contributed by atoms with Crippen molar-refractivity contribution in [3.05, 3.63) is 66.2 Å². The molecule has 0 atom stereocenters. The van der Waals surface area contributed by atoms with Crippen LogP contribution in [-0.2, 0) is 0 Å². The van der Waals surface area contributed by atoms with Crippen LogP contribution < -0.4 is 10.9 Å². The van der Waals surface area contributed by atoms with Gasteiger partial charge in [-0.2, -0.15) is 0 Å². The van der Waals surface area contributed by atoms with E-state index in [9.17, 15) is 4.79 Å². The average molecular weight is 212 g/mol. The summed E-state index contributed by atoms with van der Waals surface area (Å²) in [5, 5.41) is 0. The molecule has 2 N–H and O–H groups in total. The number of amides is 1. The molecular formula is C13H12N2O. The molecule has 2 aromatic rings. The second-order valence-electron chi connectivity index (χ2n) is 3.31. The maximum Gasteiger partial charge on any atom is 0.269 e. The number of rotatable bonds is 3. The molecule has 3 heteroatoms. The fraction of sp³-hybridized carbons (Fsp3) is 0. The van der Waals surface area contributed by atoms with Crippen LogP contribution >= 0.6 is 0 Å². The number of hydrogen-bond acceptors (Lipinski definition) is 2. The Labute approximate surface area is 94.1 Å². The van der Waals surface area contributed by atoms with Crippen LogP contribution in [0.1, 0.15) is 10.4 Å². The minimum atomic E-state index is -0.149. The van der Waals surface area contributed by atoms with E-state index in [0.717, 1.165) is 5.69 Å². The van der Waals surface area contributed by atoms with Gasteiger partial charge < -0.3 is 0 Å². The lowest BCUT2D eigenvalue weighted by molar-refractivity contribution is 0.0962. The lowest BCUT2D eigenvalue weighted by Crippen LogP contribution is -2.29. The minimum Gasteiger partial charge on any atom is -0.298 e. The number of anilines is 1. The molecule has 1 amide bonds. The van der Waals surface area contributed by atoms with Crippen molar-refractivity contribution in [3.8, 4) is 0 Å². The second kappa shape index (κ2) is 4.98. The summed E-state index contributed by atoms with van der Waals surface area (Å²) in [7, 11) is 0. The normalized spacial score (nSPS) is 9.50. The highest BCUT2D eigenvalue weighted by atomic mass is 16.2. The molecule has 2 rings (SSSR count). The molecule has 80 valence electrons. The van der Waals surface area contributed by atoms with E-state index in [1.807, 2.05) is 48.5 Å². The molecule has 3 nitrogen and oxygen atoms in total. The van der Waals surface area contributed by atoms with Crippen LogP contribution in [0.4, 0.5) is 5.69 Å². The van der Waals surface area contributed by atoms with Gasteiger partial charge in [-0.15, -0.1) is 0 Å². The molecule has 0 aromatic heterocycles. The summed E-state index contributed by atoms with van der Waals surface area (Å²) in [5.41, 5.74) is 6.95. The van der Waals surface area contributed by atoms with Crippen LogP contribution in [0.2, 0.25) is 0 Å². The molecular weight excluding hydrogens is 200 g/mol. The maximum absolute atomic E-state index is 11.6. The quantitative estimate of drug-likeness (QED) is 0.767. The van der Waals surface area contributed by atoms with Crippen molar-refractivity contribution in [1.82, 2.24) is 5.43 Å². The SMILES string of the molecule is O=C(NNc1ccccc1)c1ccccc1. The molecule has 0 heterocycles. The van der Waals surface area contributed by atoms with Crippen LogP contribution in [0.5, 0.6) is 0 Å². The zero-order valence-electron chi connectivity index (χ0n) is 8.68. The van der Waals surface area contributed by atoms with Crippen LogP contribution in [0.25, 0.3) is 0 Å². The third-order valence-corrected chi connectivity index (χ3v) is 2.13. The monoisotopic (exact) mass is 212 g/mol. The van der Waals surface area contributed by atoms with E-state index in [4.69, 9.17) is 0 Å². The van der Waals surface area contributed by atoms with E-state index in [1.165, 1.54) is 0 Å². The molecule has 0 unspecified atom stereocenters. The highest BCUT2D eigenvalue weighted by molar-refractivity contribution is 5.94. The number of benzene rings is 2. The summed E-state index contributed by atoms with van der Waals surface area (Å²) in [6.45, 7) is 0. The van der Waals surface area contributed by atoms with Crippen LogP contribution in [-0.4, -0.2) is 5.91 Å². The van der Waals surface area contributed by atoms with Gasteiger partial charge in [0.1, 0.15) is 0 Å². The average Bonchev–Trinajstić information content (AvgIpc) is 2.38. The van der Waals surface area contributed by atoms with E-state index in [0.29, 0.717) is 5.56 Å². The lowest BCUT2D eigenvalue weighted by atomic mass is 10.2. The molecule has 0 aliphatic carbocycles. The van der Waals surface area contributed by atoms with Gasteiger partial charge in [0.15, 0.2) is 0 Å². The fourth-order valence-corrected chi connectivity index (χ4v) is 1.31. The van der Waals surface area contributed by atoms with Gasteiger partial charge in [0, 0.05) is 5.56 Å². The van der Waals surface area contributed by atoms with Crippen molar-refractivity contribution in [2.24, 2.45) is 0 Å². The number of nitrogens with one attached hydrogen (secondary N) is 2. The van der Waals surface area contributed by atoms with E-state index in [2.05, 4.69) is 10.9 Å². The smallest absolute Gasteiger partial charge is 0.269 e. The van der Waals surface area contributed by atoms with E-state index < -0.39 is 0 Å². The highest BCUT2D eigenvalue weighted by Gasteiger charge is 2.02. The minimum absolute atomic E-state index is 0.149. The predicted molar refractivity (Wildman–Crippen MR) is 64.0 cm³/mol. The summed E-state index contributed by atoms with van der Waals surface area (Å²) in [5.74, 6) is -0.149. The van der Waals surface area contributed by atoms with Gasteiger partial charge in [-0.1, -0.05) is 36.4 Å². The molecule has 0 fully saturated rings. The summed E-state index contributed by atoms with van der Waals surface area (Å²) in [6, 6.07) is 18.6. The molecule has 0 radical (unpaired) electrons. The first-order valence-electron chi connectivity index (χ1n) is 5.03. The molecule has 2 aromatic carbocycles. The van der Waals surface area contributed by atoms with Gasteiger partial charge in [0.25, 0.3) is 5.91 Å². The third kappa shape index (κ3) is 2.60. The van der Waals surface area contributed by atoms with E-state index in [-0.39, 0.29) is 5.91 Å². The summed E-state index contributed by atoms with van der Waals surface area (Å²) in [6.07, 6.45) is 0. The molecule has 0 aliphatic rings. The molecule has 0 saturated heterocycles. The molecule has 16 heavy (non-hydrogen) atoms. The van der Waals surface area contributed by atoms with Crippen molar-refractivity contribution < 1.29 is 4.79 Å². The van der Waals surface area contributed by atoms with Gasteiger partial charge >= 0.3 is 0 Å². The number of hydrazine groups is 1. The van der Waals surface area contributed by atoms with Gasteiger partial charge in [-0.3, -0.25) is 15.6 Å². The van der Waals surface area contributed by atoms with Gasteiger partial charge in [0.2, 0.25) is 0 Å². The Morgan fingerprint density at radius 2 is 1.38 bits per heavy atom. The Hall–Kier alpha value is -2.29. The van der Waals surface area contributed by atoms with Crippen LogP contribution in [0.3, 0.4) is 0 Å². The van der Waals surface area contributed by atoms with Crippen molar-refractivity contribution >= 4 is 11.6 Å². The number of hydrogen-bond donors (Lipinski definition) is 2. The van der Waals surface area contributed by atoms with Crippen molar-refractivity contribution in [3.63, 3.8) is 0 Å². The van der Waals surface area contributed by atoms with E-state index in [1.54, 1.807) is 12.1 Å². The maximum atomic E-state index is 11.6. The Morgan fingerprint density at radius 1 is 0.812 bits per heavy atom. The first-order chi connectivity index (χ1) is 7.86. The van der Waals surface area contributed by atoms with Crippen molar-refractivity contribution in [2.45, 2.75) is 0 Å². The van der Waals surface area contributed by atoms with Crippen LogP contribution in [0.15, 0.2) is 60.7 Å². The van der Waals surface area contributed by atoms with Gasteiger partial charge in [0.05, 0.1) is 5.69 Å². The Morgan fingerprint density at radius 3 is 2.00 bits per heavy atom. The largest absolute Gasteiger partial charge is 0.298 e.